The molecule has 2 heterocycles. The van der Waals surface area contributed by atoms with Crippen molar-refractivity contribution >= 4 is 11.4 Å². The van der Waals surface area contributed by atoms with Crippen molar-refractivity contribution in [1.82, 2.24) is 10.1 Å². The van der Waals surface area contributed by atoms with Crippen LogP contribution in [-0.2, 0) is 12.8 Å². The summed E-state index contributed by atoms with van der Waals surface area (Å²) in [5.41, 5.74) is 10.3. The van der Waals surface area contributed by atoms with E-state index in [0.717, 1.165) is 36.3 Å². The van der Waals surface area contributed by atoms with Crippen LogP contribution in [0.5, 0.6) is 0 Å². The van der Waals surface area contributed by atoms with Gasteiger partial charge in [0.1, 0.15) is 11.9 Å². The molecular formula is C20H21FN4O. The third kappa shape index (κ3) is 3.14. The number of hydrogen-bond donors (Lipinski definition) is 1. The molecule has 3 aromatic rings. The van der Waals surface area contributed by atoms with Crippen LogP contribution in [0.4, 0.5) is 15.8 Å². The molecule has 5 nitrogen and oxygen atoms in total. The number of nitrogen functional groups attached to an aromatic ring is 1. The molecule has 0 bridgehead atoms. The van der Waals surface area contributed by atoms with Crippen molar-refractivity contribution in [3.63, 3.8) is 0 Å². The maximum absolute atomic E-state index is 13.0. The van der Waals surface area contributed by atoms with Gasteiger partial charge in [-0.15, -0.1) is 0 Å². The summed E-state index contributed by atoms with van der Waals surface area (Å²) in [7, 11) is 0. The molecular weight excluding hydrogens is 331 g/mol. The Labute approximate surface area is 151 Å². The maximum atomic E-state index is 13.0. The van der Waals surface area contributed by atoms with Gasteiger partial charge < -0.3 is 15.2 Å². The maximum Gasteiger partial charge on any atom is 0.249 e. The Balaban J connectivity index is 1.55. The van der Waals surface area contributed by atoms with E-state index in [0.29, 0.717) is 18.1 Å². The molecule has 0 radical (unpaired) electrons. The lowest BCUT2D eigenvalue weighted by molar-refractivity contribution is 0.349. The van der Waals surface area contributed by atoms with Crippen molar-refractivity contribution in [3.05, 3.63) is 71.1 Å². The molecule has 0 saturated carbocycles. The molecule has 6 heteroatoms. The van der Waals surface area contributed by atoms with E-state index in [1.165, 1.54) is 17.7 Å². The van der Waals surface area contributed by atoms with Crippen LogP contribution in [0.3, 0.4) is 0 Å². The third-order valence-corrected chi connectivity index (χ3v) is 4.91. The number of aromatic nitrogens is 2. The summed E-state index contributed by atoms with van der Waals surface area (Å²) >= 11 is 0. The van der Waals surface area contributed by atoms with Gasteiger partial charge in [0.15, 0.2) is 5.82 Å². The van der Waals surface area contributed by atoms with Crippen LogP contribution in [0.25, 0.3) is 0 Å². The molecule has 26 heavy (non-hydrogen) atoms. The number of nitrogens with two attached hydrogens (primary N) is 1. The van der Waals surface area contributed by atoms with Crippen LogP contribution in [0.2, 0.25) is 0 Å². The van der Waals surface area contributed by atoms with Gasteiger partial charge in [0.25, 0.3) is 0 Å². The first kappa shape index (κ1) is 16.6. The summed E-state index contributed by atoms with van der Waals surface area (Å²) in [6.45, 7) is 2.99. The van der Waals surface area contributed by atoms with E-state index in [4.69, 9.17) is 10.3 Å². The Morgan fingerprint density at radius 2 is 2.04 bits per heavy atom. The van der Waals surface area contributed by atoms with Crippen LogP contribution in [0.15, 0.2) is 47.0 Å². The zero-order valence-corrected chi connectivity index (χ0v) is 14.7. The molecule has 2 aromatic carbocycles. The number of benzene rings is 2. The normalized spacial score (nSPS) is 14.9. The lowest BCUT2D eigenvalue weighted by Crippen LogP contribution is -2.32. The van der Waals surface area contributed by atoms with Crippen molar-refractivity contribution in [2.24, 2.45) is 0 Å². The largest absolute Gasteiger partial charge is 0.398 e. The lowest BCUT2D eigenvalue weighted by Gasteiger charge is -2.35. The van der Waals surface area contributed by atoms with Crippen molar-refractivity contribution < 1.29 is 8.91 Å². The second kappa shape index (κ2) is 6.78. The molecule has 4 rings (SSSR count). The molecule has 1 aliphatic rings. The highest BCUT2D eigenvalue weighted by atomic mass is 19.1. The average molecular weight is 352 g/mol. The van der Waals surface area contributed by atoms with Crippen LogP contribution in [0.1, 0.15) is 42.2 Å². The van der Waals surface area contributed by atoms with Gasteiger partial charge in [-0.2, -0.15) is 4.98 Å². The van der Waals surface area contributed by atoms with Gasteiger partial charge in [0.05, 0.1) is 0 Å². The number of hydrogen-bond acceptors (Lipinski definition) is 5. The standard InChI is InChI=1S/C20H21FN4O/c1-13(25-11-3-4-16-17(22)5-2-6-18(16)25)20-23-19(24-26-20)12-14-7-9-15(21)10-8-14/h2,5-10,13H,3-4,11-12,22H2,1H3. The Bertz CT molecular complexity index is 906. The van der Waals surface area contributed by atoms with Crippen molar-refractivity contribution in [2.75, 3.05) is 17.2 Å². The van der Waals surface area contributed by atoms with Gasteiger partial charge in [-0.25, -0.2) is 4.39 Å². The van der Waals surface area contributed by atoms with Gasteiger partial charge in [0, 0.05) is 24.3 Å². The summed E-state index contributed by atoms with van der Waals surface area (Å²) in [5, 5.41) is 4.09. The Hall–Kier alpha value is -2.89. The second-order valence-corrected chi connectivity index (χ2v) is 6.67. The molecule has 0 saturated heterocycles. The second-order valence-electron chi connectivity index (χ2n) is 6.67. The Morgan fingerprint density at radius 1 is 1.23 bits per heavy atom. The minimum Gasteiger partial charge on any atom is -0.398 e. The summed E-state index contributed by atoms with van der Waals surface area (Å²) < 4.78 is 18.5. The number of nitrogens with zero attached hydrogens (tertiary/aromatic N) is 3. The monoisotopic (exact) mass is 352 g/mol. The molecule has 0 aliphatic carbocycles. The topological polar surface area (TPSA) is 68.2 Å². The van der Waals surface area contributed by atoms with E-state index in [1.807, 2.05) is 12.1 Å². The van der Waals surface area contributed by atoms with E-state index in [2.05, 4.69) is 28.0 Å². The van der Waals surface area contributed by atoms with Gasteiger partial charge in [0.2, 0.25) is 5.89 Å². The fraction of sp³-hybridized carbons (Fsp3) is 0.300. The van der Waals surface area contributed by atoms with Crippen LogP contribution in [-0.4, -0.2) is 16.7 Å². The number of fused-ring (bicyclic) bond motifs is 1. The first-order valence-electron chi connectivity index (χ1n) is 8.83. The predicted octanol–water partition coefficient (Wildman–Crippen LogP) is 3.90. The highest BCUT2D eigenvalue weighted by Gasteiger charge is 2.27. The lowest BCUT2D eigenvalue weighted by atomic mass is 9.98. The molecule has 1 aliphatic heterocycles. The van der Waals surface area contributed by atoms with E-state index in [9.17, 15) is 4.39 Å². The molecule has 0 amide bonds. The molecule has 1 unspecified atom stereocenters. The Morgan fingerprint density at radius 3 is 2.85 bits per heavy atom. The third-order valence-electron chi connectivity index (χ3n) is 4.91. The zero-order valence-electron chi connectivity index (χ0n) is 14.7. The summed E-state index contributed by atoms with van der Waals surface area (Å²) in [6.07, 6.45) is 2.55. The smallest absolute Gasteiger partial charge is 0.249 e. The minimum atomic E-state index is -0.251. The molecule has 1 atom stereocenters. The fourth-order valence-corrected chi connectivity index (χ4v) is 3.51. The van der Waals surface area contributed by atoms with Crippen molar-refractivity contribution in [3.8, 4) is 0 Å². The van der Waals surface area contributed by atoms with Crippen LogP contribution < -0.4 is 10.6 Å². The van der Waals surface area contributed by atoms with Crippen molar-refractivity contribution in [1.29, 1.82) is 0 Å². The molecule has 0 spiro atoms. The van der Waals surface area contributed by atoms with E-state index < -0.39 is 0 Å². The molecule has 2 N–H and O–H groups in total. The number of rotatable bonds is 4. The Kier molecular flexibility index (Phi) is 4.32. The van der Waals surface area contributed by atoms with Crippen molar-refractivity contribution in [2.45, 2.75) is 32.2 Å². The fourth-order valence-electron chi connectivity index (χ4n) is 3.51. The molecule has 1 aromatic heterocycles. The van der Waals surface area contributed by atoms with E-state index in [1.54, 1.807) is 12.1 Å². The van der Waals surface area contributed by atoms with Gasteiger partial charge in [-0.3, -0.25) is 0 Å². The number of anilines is 2. The summed E-state index contributed by atoms with van der Waals surface area (Å²) in [6, 6.07) is 12.3. The van der Waals surface area contributed by atoms with Crippen LogP contribution >= 0.6 is 0 Å². The zero-order chi connectivity index (χ0) is 18.1. The summed E-state index contributed by atoms with van der Waals surface area (Å²) in [4.78, 5) is 6.82. The first-order chi connectivity index (χ1) is 12.6. The first-order valence-corrected chi connectivity index (χ1v) is 8.83. The van der Waals surface area contributed by atoms with Crippen LogP contribution in [0, 0.1) is 5.82 Å². The number of halogens is 1. The van der Waals surface area contributed by atoms with Gasteiger partial charge in [-0.05, 0) is 55.2 Å². The average Bonchev–Trinajstić information content (AvgIpc) is 3.11. The highest BCUT2D eigenvalue weighted by molar-refractivity contribution is 5.66. The minimum absolute atomic E-state index is 0.0367. The quantitative estimate of drug-likeness (QED) is 0.721. The molecule has 0 fully saturated rings. The summed E-state index contributed by atoms with van der Waals surface area (Å²) in [5.74, 6) is 0.930. The predicted molar refractivity (Wildman–Crippen MR) is 98.4 cm³/mol. The highest BCUT2D eigenvalue weighted by Crippen LogP contribution is 2.36. The molecule has 134 valence electrons. The van der Waals surface area contributed by atoms with Gasteiger partial charge >= 0.3 is 0 Å². The van der Waals surface area contributed by atoms with E-state index in [-0.39, 0.29) is 11.9 Å². The van der Waals surface area contributed by atoms with Gasteiger partial charge in [-0.1, -0.05) is 23.4 Å². The van der Waals surface area contributed by atoms with E-state index >= 15 is 0 Å². The SMILES string of the molecule is CC(c1nc(Cc2ccc(F)cc2)no1)N1CCCc2c(N)cccc21.